The van der Waals surface area contributed by atoms with Crippen LogP contribution in [-0.4, -0.2) is 20.1 Å². The van der Waals surface area contributed by atoms with Gasteiger partial charge in [-0.05, 0) is 48.5 Å². The van der Waals surface area contributed by atoms with Crippen LogP contribution in [0.15, 0.2) is 48.5 Å². The lowest BCUT2D eigenvalue weighted by Gasteiger charge is -2.06. The molecule has 4 nitrogen and oxygen atoms in total. The van der Waals surface area contributed by atoms with Gasteiger partial charge >= 0.3 is 0 Å². The fourth-order valence-corrected chi connectivity index (χ4v) is 2.20. The van der Waals surface area contributed by atoms with Gasteiger partial charge in [0.15, 0.2) is 17.5 Å². The lowest BCUT2D eigenvalue weighted by molar-refractivity contribution is 0.271. The second kappa shape index (κ2) is 6.40. The van der Waals surface area contributed by atoms with Gasteiger partial charge in [0, 0.05) is 21.2 Å². The molecule has 0 bridgehead atoms. The van der Waals surface area contributed by atoms with E-state index in [0.717, 1.165) is 11.1 Å². The van der Waals surface area contributed by atoms with E-state index in [4.69, 9.17) is 23.2 Å². The van der Waals surface area contributed by atoms with Crippen LogP contribution >= 0.6 is 23.2 Å². The van der Waals surface area contributed by atoms with Crippen LogP contribution in [0, 0.1) is 0 Å². The fourth-order valence-electron chi connectivity index (χ4n) is 1.95. The predicted molar refractivity (Wildman–Crippen MR) is 86.6 cm³/mol. The summed E-state index contributed by atoms with van der Waals surface area (Å²) in [5.74, 6) is 1.28. The molecule has 2 aromatic carbocycles. The van der Waals surface area contributed by atoms with E-state index in [1.165, 1.54) is 0 Å². The van der Waals surface area contributed by atoms with Crippen molar-refractivity contribution in [1.82, 2.24) is 15.0 Å². The molecule has 3 aromatic rings. The van der Waals surface area contributed by atoms with Crippen molar-refractivity contribution in [2.75, 3.05) is 0 Å². The smallest absolute Gasteiger partial charge is 0.163 e. The molecule has 0 aliphatic heterocycles. The summed E-state index contributed by atoms with van der Waals surface area (Å²) < 4.78 is 0. The molecule has 1 heterocycles. The minimum absolute atomic E-state index is 0.260. The maximum Gasteiger partial charge on any atom is 0.163 e. The number of hydrogen-bond donors (Lipinski definition) is 1. The maximum atomic E-state index is 9.37. The Bertz CT molecular complexity index is 726. The van der Waals surface area contributed by atoms with Crippen LogP contribution in [0.1, 0.15) is 5.82 Å². The number of benzene rings is 2. The van der Waals surface area contributed by atoms with E-state index in [9.17, 15) is 5.11 Å². The molecular formula is C16H11Cl2N3O. The highest BCUT2D eigenvalue weighted by Crippen LogP contribution is 2.23. The van der Waals surface area contributed by atoms with Crippen molar-refractivity contribution in [3.8, 4) is 22.8 Å². The highest BCUT2D eigenvalue weighted by molar-refractivity contribution is 6.30. The second-order valence-electron chi connectivity index (χ2n) is 4.57. The summed E-state index contributed by atoms with van der Waals surface area (Å²) in [5.41, 5.74) is 1.61. The van der Waals surface area contributed by atoms with E-state index < -0.39 is 0 Å². The van der Waals surface area contributed by atoms with Crippen molar-refractivity contribution in [3.63, 3.8) is 0 Å². The summed E-state index contributed by atoms with van der Waals surface area (Å²) >= 11 is 11.8. The molecule has 0 saturated carbocycles. The standard InChI is InChI=1S/C16H11Cl2N3O/c17-12-5-1-10(2-6-12)15-19-14(9-22)20-16(21-15)11-3-7-13(18)8-4-11/h1-8,22H,9H2. The van der Waals surface area contributed by atoms with Crippen molar-refractivity contribution >= 4 is 23.2 Å². The molecule has 1 aromatic heterocycles. The van der Waals surface area contributed by atoms with Gasteiger partial charge < -0.3 is 5.11 Å². The minimum atomic E-state index is -0.260. The first-order valence-corrected chi connectivity index (χ1v) is 7.29. The second-order valence-corrected chi connectivity index (χ2v) is 5.44. The van der Waals surface area contributed by atoms with Crippen molar-refractivity contribution in [2.24, 2.45) is 0 Å². The van der Waals surface area contributed by atoms with Crippen LogP contribution in [0.4, 0.5) is 0 Å². The molecule has 110 valence electrons. The zero-order valence-electron chi connectivity index (χ0n) is 11.4. The number of aliphatic hydroxyl groups is 1. The van der Waals surface area contributed by atoms with E-state index in [1.807, 2.05) is 24.3 Å². The summed E-state index contributed by atoms with van der Waals surface area (Å²) in [6.07, 6.45) is 0. The Morgan fingerprint density at radius 1 is 0.682 bits per heavy atom. The molecule has 3 rings (SSSR count). The highest BCUT2D eigenvalue weighted by atomic mass is 35.5. The molecular weight excluding hydrogens is 321 g/mol. The molecule has 1 N–H and O–H groups in total. The molecule has 0 fully saturated rings. The molecule has 0 saturated heterocycles. The molecule has 0 amide bonds. The Labute approximate surface area is 137 Å². The minimum Gasteiger partial charge on any atom is -0.388 e. The van der Waals surface area contributed by atoms with E-state index in [0.29, 0.717) is 27.5 Å². The zero-order chi connectivity index (χ0) is 15.5. The number of nitrogens with zero attached hydrogens (tertiary/aromatic N) is 3. The number of hydrogen-bond acceptors (Lipinski definition) is 4. The van der Waals surface area contributed by atoms with E-state index in [2.05, 4.69) is 15.0 Å². The largest absolute Gasteiger partial charge is 0.388 e. The third kappa shape index (κ3) is 3.25. The fraction of sp³-hybridized carbons (Fsp3) is 0.0625. The molecule has 0 spiro atoms. The normalized spacial score (nSPS) is 10.7. The Balaban J connectivity index is 2.10. The van der Waals surface area contributed by atoms with Crippen molar-refractivity contribution < 1.29 is 5.11 Å². The van der Waals surface area contributed by atoms with Gasteiger partial charge in [-0.25, -0.2) is 15.0 Å². The van der Waals surface area contributed by atoms with Crippen molar-refractivity contribution in [3.05, 3.63) is 64.4 Å². The van der Waals surface area contributed by atoms with Crippen LogP contribution in [0.2, 0.25) is 10.0 Å². The molecule has 0 radical (unpaired) electrons. The van der Waals surface area contributed by atoms with Gasteiger partial charge in [0.2, 0.25) is 0 Å². The van der Waals surface area contributed by atoms with Gasteiger partial charge in [-0.15, -0.1) is 0 Å². The molecule has 0 aliphatic rings. The molecule has 6 heteroatoms. The van der Waals surface area contributed by atoms with Crippen molar-refractivity contribution in [2.45, 2.75) is 6.61 Å². The quantitative estimate of drug-likeness (QED) is 0.787. The van der Waals surface area contributed by atoms with Crippen LogP contribution < -0.4 is 0 Å². The van der Waals surface area contributed by atoms with E-state index in [1.54, 1.807) is 24.3 Å². The third-order valence-electron chi connectivity index (χ3n) is 3.03. The number of halogens is 2. The van der Waals surface area contributed by atoms with Gasteiger partial charge in [-0.1, -0.05) is 23.2 Å². The van der Waals surface area contributed by atoms with Gasteiger partial charge in [0.1, 0.15) is 6.61 Å². The lowest BCUT2D eigenvalue weighted by atomic mass is 10.2. The van der Waals surface area contributed by atoms with E-state index in [-0.39, 0.29) is 6.61 Å². The Hall–Kier alpha value is -2.01. The SMILES string of the molecule is OCc1nc(-c2ccc(Cl)cc2)nc(-c2ccc(Cl)cc2)n1. The first-order valence-electron chi connectivity index (χ1n) is 6.53. The molecule has 0 atom stereocenters. The Morgan fingerprint density at radius 2 is 1.09 bits per heavy atom. The number of rotatable bonds is 3. The Kier molecular flexibility index (Phi) is 4.34. The number of aliphatic hydroxyl groups excluding tert-OH is 1. The number of aromatic nitrogens is 3. The lowest BCUT2D eigenvalue weighted by Crippen LogP contribution is -2.02. The van der Waals surface area contributed by atoms with Crippen LogP contribution in [0.5, 0.6) is 0 Å². The van der Waals surface area contributed by atoms with Crippen LogP contribution in [-0.2, 0) is 6.61 Å². The monoisotopic (exact) mass is 331 g/mol. The van der Waals surface area contributed by atoms with Crippen LogP contribution in [0.25, 0.3) is 22.8 Å². The van der Waals surface area contributed by atoms with Gasteiger partial charge in [0.25, 0.3) is 0 Å². The van der Waals surface area contributed by atoms with Crippen LogP contribution in [0.3, 0.4) is 0 Å². The molecule has 0 aliphatic carbocycles. The summed E-state index contributed by atoms with van der Waals surface area (Å²) in [6.45, 7) is -0.260. The summed E-state index contributed by atoms with van der Waals surface area (Å²) in [4.78, 5) is 13.0. The zero-order valence-corrected chi connectivity index (χ0v) is 12.9. The van der Waals surface area contributed by atoms with Gasteiger partial charge in [0.05, 0.1) is 0 Å². The Morgan fingerprint density at radius 3 is 1.45 bits per heavy atom. The highest BCUT2D eigenvalue weighted by Gasteiger charge is 2.10. The molecule has 22 heavy (non-hydrogen) atoms. The average molecular weight is 332 g/mol. The van der Waals surface area contributed by atoms with E-state index >= 15 is 0 Å². The van der Waals surface area contributed by atoms with Crippen molar-refractivity contribution in [1.29, 1.82) is 0 Å². The topological polar surface area (TPSA) is 58.9 Å². The average Bonchev–Trinajstić information content (AvgIpc) is 2.55. The summed E-state index contributed by atoms with van der Waals surface area (Å²) in [6, 6.07) is 14.4. The summed E-state index contributed by atoms with van der Waals surface area (Å²) in [7, 11) is 0. The first kappa shape index (κ1) is 14.9. The van der Waals surface area contributed by atoms with Gasteiger partial charge in [-0.3, -0.25) is 0 Å². The maximum absolute atomic E-state index is 9.37. The summed E-state index contributed by atoms with van der Waals surface area (Å²) in [5, 5.41) is 10.6. The first-order chi connectivity index (χ1) is 10.7. The van der Waals surface area contributed by atoms with Gasteiger partial charge in [-0.2, -0.15) is 0 Å². The molecule has 0 unspecified atom stereocenters. The predicted octanol–water partition coefficient (Wildman–Crippen LogP) is 4.00. The third-order valence-corrected chi connectivity index (χ3v) is 3.53.